The molecule has 9 nitrogen and oxygen atoms in total. The summed E-state index contributed by atoms with van der Waals surface area (Å²) < 4.78 is 76.7. The first-order valence-electron chi connectivity index (χ1n) is 8.23. The Bertz CT molecular complexity index is 1170. The Morgan fingerprint density at radius 2 is 1.25 bits per heavy atom. The molecule has 0 spiro atoms. The average Bonchev–Trinajstić information content (AvgIpc) is 2.68. The Kier molecular flexibility index (Phi) is 5.60. The maximum Gasteiger partial charge on any atom is 0.244 e. The van der Waals surface area contributed by atoms with Crippen molar-refractivity contribution in [3.8, 4) is 0 Å². The van der Waals surface area contributed by atoms with Gasteiger partial charge in [-0.05, 0) is 30.3 Å². The van der Waals surface area contributed by atoms with E-state index in [0.717, 1.165) is 16.6 Å². The van der Waals surface area contributed by atoms with Gasteiger partial charge in [-0.3, -0.25) is 4.98 Å². The Morgan fingerprint density at radius 1 is 0.750 bits per heavy atom. The van der Waals surface area contributed by atoms with Crippen LogP contribution in [0.5, 0.6) is 0 Å². The zero-order chi connectivity index (χ0) is 20.6. The molecule has 1 aromatic heterocycles. The largest absolute Gasteiger partial charge is 0.263 e. The Labute approximate surface area is 164 Å². The van der Waals surface area contributed by atoms with Gasteiger partial charge in [0.1, 0.15) is 4.90 Å². The quantitative estimate of drug-likeness (QED) is 0.643. The van der Waals surface area contributed by atoms with Gasteiger partial charge in [-0.25, -0.2) is 25.3 Å². The molecule has 0 atom stereocenters. The number of sulfone groups is 1. The second-order valence-corrected chi connectivity index (χ2v) is 12.1. The number of benzene rings is 1. The van der Waals surface area contributed by atoms with Crippen molar-refractivity contribution in [1.29, 1.82) is 0 Å². The van der Waals surface area contributed by atoms with E-state index in [0.29, 0.717) is 0 Å². The SMILES string of the molecule is CS(=O)(=O)c1cccc(S(=O)(=O)N2CCN(S(=O)(=O)c3cccnc3)CC2)c1. The highest BCUT2D eigenvalue weighted by molar-refractivity contribution is 7.91. The molecule has 2 aromatic rings. The van der Waals surface area contributed by atoms with Gasteiger partial charge >= 0.3 is 0 Å². The fraction of sp³-hybridized carbons (Fsp3) is 0.312. The van der Waals surface area contributed by atoms with Gasteiger partial charge in [0.15, 0.2) is 9.84 Å². The van der Waals surface area contributed by atoms with Crippen molar-refractivity contribution in [2.24, 2.45) is 0 Å². The van der Waals surface area contributed by atoms with Crippen molar-refractivity contribution >= 4 is 29.9 Å². The molecule has 2 heterocycles. The number of hydrogen-bond acceptors (Lipinski definition) is 7. The molecule has 0 unspecified atom stereocenters. The summed E-state index contributed by atoms with van der Waals surface area (Å²) in [6.07, 6.45) is 3.71. The van der Waals surface area contributed by atoms with Crippen LogP contribution < -0.4 is 0 Å². The van der Waals surface area contributed by atoms with E-state index >= 15 is 0 Å². The highest BCUT2D eigenvalue weighted by Gasteiger charge is 2.34. The minimum absolute atomic E-state index is 0.0117. The van der Waals surface area contributed by atoms with E-state index < -0.39 is 29.9 Å². The maximum atomic E-state index is 12.8. The standard InChI is InChI=1S/C16H19N3O6S3/c1-26(20,21)14-4-2-5-15(12-14)27(22,23)18-8-10-19(11-9-18)28(24,25)16-6-3-7-17-13-16/h2-7,12-13H,8-11H2,1H3. The molecule has 0 saturated carbocycles. The van der Waals surface area contributed by atoms with Gasteiger partial charge in [-0.2, -0.15) is 8.61 Å². The van der Waals surface area contributed by atoms with Crippen molar-refractivity contribution in [2.75, 3.05) is 32.4 Å². The molecule has 0 N–H and O–H groups in total. The highest BCUT2D eigenvalue weighted by atomic mass is 32.2. The molecule has 0 radical (unpaired) electrons. The molecule has 1 aliphatic rings. The molecule has 152 valence electrons. The summed E-state index contributed by atoms with van der Waals surface area (Å²) in [6.45, 7) is -0.0969. The minimum atomic E-state index is -3.94. The van der Waals surface area contributed by atoms with Crippen LogP contribution in [0.4, 0.5) is 0 Å². The van der Waals surface area contributed by atoms with Gasteiger partial charge in [-0.15, -0.1) is 0 Å². The summed E-state index contributed by atoms with van der Waals surface area (Å²) in [5.74, 6) is 0. The summed E-state index contributed by atoms with van der Waals surface area (Å²) in [5.41, 5.74) is 0. The fourth-order valence-corrected chi connectivity index (χ4v) is 6.41. The van der Waals surface area contributed by atoms with E-state index in [2.05, 4.69) is 4.98 Å². The summed E-state index contributed by atoms with van der Waals surface area (Å²) >= 11 is 0. The third-order valence-corrected chi connectivity index (χ3v) is 9.23. The topological polar surface area (TPSA) is 122 Å². The zero-order valence-electron chi connectivity index (χ0n) is 15.0. The normalized spacial score (nSPS) is 17.5. The first kappa shape index (κ1) is 20.9. The summed E-state index contributed by atoms with van der Waals surface area (Å²) in [4.78, 5) is 3.62. The Morgan fingerprint density at radius 3 is 1.75 bits per heavy atom. The number of aromatic nitrogens is 1. The number of piperazine rings is 1. The third kappa shape index (κ3) is 4.10. The predicted molar refractivity (Wildman–Crippen MR) is 101 cm³/mol. The van der Waals surface area contributed by atoms with Crippen molar-refractivity contribution in [3.63, 3.8) is 0 Å². The lowest BCUT2D eigenvalue weighted by Gasteiger charge is -2.33. The summed E-state index contributed by atoms with van der Waals surface area (Å²) in [7, 11) is -11.2. The molecular weight excluding hydrogens is 426 g/mol. The van der Waals surface area contributed by atoms with Gasteiger partial charge < -0.3 is 0 Å². The minimum Gasteiger partial charge on any atom is -0.263 e. The van der Waals surface area contributed by atoms with Crippen LogP contribution in [0.1, 0.15) is 0 Å². The van der Waals surface area contributed by atoms with E-state index in [1.165, 1.54) is 47.0 Å². The highest BCUT2D eigenvalue weighted by Crippen LogP contribution is 2.23. The van der Waals surface area contributed by atoms with E-state index in [4.69, 9.17) is 0 Å². The second kappa shape index (κ2) is 7.52. The average molecular weight is 446 g/mol. The van der Waals surface area contributed by atoms with Gasteiger partial charge in [0.05, 0.1) is 9.79 Å². The number of rotatable bonds is 5. The van der Waals surface area contributed by atoms with Crippen molar-refractivity contribution < 1.29 is 25.3 Å². The molecule has 3 rings (SSSR count). The second-order valence-electron chi connectivity index (χ2n) is 6.24. The lowest BCUT2D eigenvalue weighted by Crippen LogP contribution is -2.50. The molecule has 1 aliphatic heterocycles. The predicted octanol–water partition coefficient (Wildman–Crippen LogP) is 0.180. The van der Waals surface area contributed by atoms with Crippen molar-refractivity contribution in [3.05, 3.63) is 48.8 Å². The van der Waals surface area contributed by atoms with E-state index in [1.807, 2.05) is 0 Å². The molecule has 0 amide bonds. The maximum absolute atomic E-state index is 12.8. The van der Waals surface area contributed by atoms with Gasteiger partial charge in [-0.1, -0.05) is 6.07 Å². The molecule has 1 aromatic carbocycles. The van der Waals surface area contributed by atoms with Gasteiger partial charge in [0, 0.05) is 44.8 Å². The molecule has 0 aliphatic carbocycles. The molecule has 1 fully saturated rings. The van der Waals surface area contributed by atoms with Gasteiger partial charge in [0.2, 0.25) is 20.0 Å². The summed E-state index contributed by atoms with van der Waals surface area (Å²) in [6, 6.07) is 8.08. The number of pyridine rings is 1. The third-order valence-electron chi connectivity index (χ3n) is 4.34. The zero-order valence-corrected chi connectivity index (χ0v) is 17.4. The molecule has 28 heavy (non-hydrogen) atoms. The van der Waals surface area contributed by atoms with Crippen LogP contribution in [-0.2, 0) is 29.9 Å². The van der Waals surface area contributed by atoms with Crippen LogP contribution in [0.3, 0.4) is 0 Å². The van der Waals surface area contributed by atoms with Crippen LogP contribution in [0.2, 0.25) is 0 Å². The van der Waals surface area contributed by atoms with Crippen LogP contribution >= 0.6 is 0 Å². The van der Waals surface area contributed by atoms with Gasteiger partial charge in [0.25, 0.3) is 0 Å². The lowest BCUT2D eigenvalue weighted by atomic mass is 10.4. The monoisotopic (exact) mass is 445 g/mol. The van der Waals surface area contributed by atoms with Crippen LogP contribution in [-0.4, -0.2) is 71.3 Å². The van der Waals surface area contributed by atoms with E-state index in [-0.39, 0.29) is 40.9 Å². The molecule has 0 bridgehead atoms. The van der Waals surface area contributed by atoms with E-state index in [9.17, 15) is 25.3 Å². The first-order valence-corrected chi connectivity index (χ1v) is 13.0. The number of nitrogens with zero attached hydrogens (tertiary/aromatic N) is 3. The summed E-state index contributed by atoms with van der Waals surface area (Å²) in [5, 5.41) is 0. The fourth-order valence-electron chi connectivity index (χ4n) is 2.81. The van der Waals surface area contributed by atoms with Crippen LogP contribution in [0.25, 0.3) is 0 Å². The van der Waals surface area contributed by atoms with Crippen molar-refractivity contribution in [1.82, 2.24) is 13.6 Å². The Balaban J connectivity index is 1.80. The van der Waals surface area contributed by atoms with Crippen LogP contribution in [0, 0.1) is 0 Å². The molecular formula is C16H19N3O6S3. The van der Waals surface area contributed by atoms with Crippen LogP contribution in [0.15, 0.2) is 63.5 Å². The number of hydrogen-bond donors (Lipinski definition) is 0. The molecule has 12 heteroatoms. The van der Waals surface area contributed by atoms with Crippen molar-refractivity contribution in [2.45, 2.75) is 14.7 Å². The smallest absolute Gasteiger partial charge is 0.244 e. The number of sulfonamides is 2. The first-order chi connectivity index (χ1) is 13.0. The lowest BCUT2D eigenvalue weighted by molar-refractivity contribution is 0.272. The Hall–Kier alpha value is -1.86. The molecule has 1 saturated heterocycles. The van der Waals surface area contributed by atoms with E-state index in [1.54, 1.807) is 0 Å².